The van der Waals surface area contributed by atoms with Crippen LogP contribution in [-0.2, 0) is 15.7 Å². The van der Waals surface area contributed by atoms with Crippen LogP contribution in [0.5, 0.6) is 0 Å². The lowest BCUT2D eigenvalue weighted by Crippen LogP contribution is -2.55. The minimum atomic E-state index is -4.72. The molecule has 3 aromatic carbocycles. The summed E-state index contributed by atoms with van der Waals surface area (Å²) < 4.78 is 62.6. The van der Waals surface area contributed by atoms with Gasteiger partial charge in [0.05, 0.1) is 29.5 Å². The van der Waals surface area contributed by atoms with E-state index in [1.165, 1.54) is 44.8 Å². The lowest BCUT2D eigenvalue weighted by Gasteiger charge is -2.38. The molecule has 0 saturated carbocycles. The average molecular weight is 744 g/mol. The first-order valence-electron chi connectivity index (χ1n) is 17.7. The lowest BCUT2D eigenvalue weighted by molar-refractivity contribution is -0.137. The number of carbonyl (C=O) groups is 3. The smallest absolute Gasteiger partial charge is 0.372 e. The number of fused-ring (bicyclic) bond motifs is 3. The predicted octanol–water partition coefficient (Wildman–Crippen LogP) is 5.16. The molecule has 15 heteroatoms. The number of rotatable bonds is 10. The molecular weight excluding hydrogens is 706 g/mol. The van der Waals surface area contributed by atoms with E-state index in [2.05, 4.69) is 16.3 Å². The summed E-state index contributed by atoms with van der Waals surface area (Å²) in [5.74, 6) is -3.67. The molecular formula is C39H37F4N7O4. The van der Waals surface area contributed by atoms with Gasteiger partial charge in [-0.25, -0.2) is 9.07 Å². The van der Waals surface area contributed by atoms with Crippen LogP contribution >= 0.6 is 0 Å². The van der Waals surface area contributed by atoms with Crippen molar-refractivity contribution in [1.29, 1.82) is 5.26 Å². The molecule has 4 aromatic rings. The molecule has 2 saturated heterocycles. The van der Waals surface area contributed by atoms with Gasteiger partial charge < -0.3 is 15.0 Å². The summed E-state index contributed by atoms with van der Waals surface area (Å²) in [4.78, 5) is 48.0. The molecule has 2 bridgehead atoms. The van der Waals surface area contributed by atoms with Gasteiger partial charge in [0.1, 0.15) is 24.2 Å². The van der Waals surface area contributed by atoms with Crippen LogP contribution in [0.15, 0.2) is 78.9 Å². The summed E-state index contributed by atoms with van der Waals surface area (Å²) in [6.45, 7) is 3.57. The van der Waals surface area contributed by atoms with E-state index >= 15 is 0 Å². The van der Waals surface area contributed by atoms with Crippen molar-refractivity contribution in [3.63, 3.8) is 0 Å². The quantitative estimate of drug-likeness (QED) is 0.176. The monoisotopic (exact) mass is 743 g/mol. The number of benzene rings is 3. The van der Waals surface area contributed by atoms with Crippen LogP contribution in [0.3, 0.4) is 0 Å². The Bertz CT molecular complexity index is 2070. The van der Waals surface area contributed by atoms with Gasteiger partial charge in [-0.05, 0) is 67.8 Å². The molecule has 2 unspecified atom stereocenters. The zero-order chi connectivity index (χ0) is 38.1. The van der Waals surface area contributed by atoms with Gasteiger partial charge in [-0.15, -0.1) is 0 Å². The molecule has 0 aliphatic carbocycles. The van der Waals surface area contributed by atoms with Crippen LogP contribution in [0.4, 0.5) is 23.4 Å². The molecule has 280 valence electrons. The van der Waals surface area contributed by atoms with Gasteiger partial charge in [-0.2, -0.15) is 23.5 Å². The van der Waals surface area contributed by atoms with Gasteiger partial charge >= 0.3 is 6.18 Å². The Morgan fingerprint density at radius 2 is 1.72 bits per heavy atom. The third-order valence-corrected chi connectivity index (χ3v) is 10.2. The Balaban J connectivity index is 1.35. The number of hydrogen-bond acceptors (Lipinski definition) is 7. The van der Waals surface area contributed by atoms with Crippen molar-refractivity contribution in [1.82, 2.24) is 24.9 Å². The standard InChI is InChI=1S/C39H37F4N7O4/c1-2-49-36-32(31(24-11-13-27(40)14-12-24)33(38(49)53)45-35(51)25-7-6-8-26(21-25)39(41,42)43)34(46-50(36)28-9-4-3-5-10-28)37(52)48(18-17-44)20-19-47-22-29-15-16-30(23-47)54-29/h3-14,21,29-31,33H,2,15-16,18-20,22-23H2,1H3,(H,45,51)/t29?,30?,31-,33-/m0/s1. The van der Waals surface area contributed by atoms with Crippen LogP contribution in [0.25, 0.3) is 5.69 Å². The van der Waals surface area contributed by atoms with Crippen LogP contribution in [0, 0.1) is 17.1 Å². The number of carbonyl (C=O) groups excluding carboxylic acids is 3. The number of alkyl halides is 3. The number of halogens is 4. The maximum atomic E-state index is 14.8. The number of likely N-dealkylation sites (tertiary alicyclic amines) is 1. The molecule has 1 N–H and O–H groups in total. The van der Waals surface area contributed by atoms with Gasteiger partial charge in [-0.1, -0.05) is 36.4 Å². The van der Waals surface area contributed by atoms with Gasteiger partial charge in [0.2, 0.25) is 0 Å². The number of nitrogens with one attached hydrogen (secondary N) is 1. The number of nitriles is 1. The van der Waals surface area contributed by atoms with Gasteiger partial charge in [-0.3, -0.25) is 24.2 Å². The third kappa shape index (κ3) is 7.19. The number of amides is 3. The van der Waals surface area contributed by atoms with Gasteiger partial charge in [0.15, 0.2) is 5.69 Å². The van der Waals surface area contributed by atoms with E-state index in [9.17, 15) is 37.2 Å². The minimum absolute atomic E-state index is 0.0608. The number of nitrogens with zero attached hydrogens (tertiary/aromatic N) is 6. The molecule has 3 aliphatic heterocycles. The number of hydrogen-bond donors (Lipinski definition) is 1. The molecule has 1 aromatic heterocycles. The van der Waals surface area contributed by atoms with Crippen molar-refractivity contribution in [3.8, 4) is 11.8 Å². The second-order valence-corrected chi connectivity index (χ2v) is 13.6. The maximum absolute atomic E-state index is 14.8. The Kier molecular flexibility index (Phi) is 10.2. The number of anilines is 1. The summed E-state index contributed by atoms with van der Waals surface area (Å²) in [6.07, 6.45) is -2.55. The number of morpholine rings is 1. The second-order valence-electron chi connectivity index (χ2n) is 13.6. The van der Waals surface area contributed by atoms with Crippen molar-refractivity contribution in [3.05, 3.63) is 113 Å². The van der Waals surface area contributed by atoms with Gasteiger partial charge in [0, 0.05) is 49.8 Å². The fourth-order valence-corrected chi connectivity index (χ4v) is 7.63. The van der Waals surface area contributed by atoms with Crippen molar-refractivity contribution in [2.24, 2.45) is 0 Å². The molecule has 4 atom stereocenters. The molecule has 11 nitrogen and oxygen atoms in total. The number of ether oxygens (including phenoxy) is 1. The molecule has 2 fully saturated rings. The number of likely N-dealkylation sites (N-methyl/N-ethyl adjacent to an activating group) is 1. The highest BCUT2D eigenvalue weighted by atomic mass is 19.4. The lowest BCUT2D eigenvalue weighted by atomic mass is 9.80. The second kappa shape index (κ2) is 15.0. The molecule has 3 amide bonds. The molecule has 54 heavy (non-hydrogen) atoms. The molecule has 7 rings (SSSR count). The first-order valence-corrected chi connectivity index (χ1v) is 17.7. The molecule has 0 radical (unpaired) electrons. The van der Waals surface area contributed by atoms with Crippen LogP contribution in [-0.4, -0.2) is 94.8 Å². The number of aromatic nitrogens is 2. The topological polar surface area (TPSA) is 124 Å². The largest absolute Gasteiger partial charge is 0.416 e. The Morgan fingerprint density at radius 3 is 2.37 bits per heavy atom. The zero-order valence-electron chi connectivity index (χ0n) is 29.3. The molecule has 0 spiro atoms. The van der Waals surface area contributed by atoms with Crippen molar-refractivity contribution >= 4 is 23.5 Å². The highest BCUT2D eigenvalue weighted by Gasteiger charge is 2.48. The average Bonchev–Trinajstić information content (AvgIpc) is 3.73. The third-order valence-electron chi connectivity index (χ3n) is 10.2. The van der Waals surface area contributed by atoms with Crippen LogP contribution in [0.1, 0.15) is 63.2 Å². The summed E-state index contributed by atoms with van der Waals surface area (Å²) in [5.41, 5.74) is -0.384. The summed E-state index contributed by atoms with van der Waals surface area (Å²) in [6, 6.07) is 18.5. The van der Waals surface area contributed by atoms with E-state index in [-0.39, 0.29) is 54.5 Å². The van der Waals surface area contributed by atoms with E-state index in [1.807, 2.05) is 0 Å². The SMILES string of the molecule is CCN1C(=O)[C@@H](NC(=O)c2cccc(C(F)(F)F)c2)[C@@H](c2ccc(F)cc2)c2c(C(=O)N(CC#N)CCN3CC4CCC(C3)O4)nn(-c3ccccc3)c21. The maximum Gasteiger partial charge on any atom is 0.416 e. The molecule has 3 aliphatic rings. The van der Waals surface area contributed by atoms with E-state index in [0.29, 0.717) is 37.0 Å². The first-order chi connectivity index (χ1) is 26.0. The number of para-hydroxylation sites is 1. The fraction of sp³-hybridized carbons (Fsp3) is 0.359. The summed E-state index contributed by atoms with van der Waals surface area (Å²) in [7, 11) is 0. The van der Waals surface area contributed by atoms with Crippen molar-refractivity contribution in [2.45, 2.75) is 50.1 Å². The highest BCUT2D eigenvalue weighted by Crippen LogP contribution is 2.44. The van der Waals surface area contributed by atoms with E-state index in [1.54, 1.807) is 37.3 Å². The normalized spacial score (nSPS) is 21.0. The summed E-state index contributed by atoms with van der Waals surface area (Å²) >= 11 is 0. The fourth-order valence-electron chi connectivity index (χ4n) is 7.63. The van der Waals surface area contributed by atoms with E-state index < -0.39 is 47.2 Å². The minimum Gasteiger partial charge on any atom is -0.372 e. The Morgan fingerprint density at radius 1 is 1.02 bits per heavy atom. The van der Waals surface area contributed by atoms with E-state index in [4.69, 9.17) is 9.84 Å². The van der Waals surface area contributed by atoms with Crippen LogP contribution < -0.4 is 10.2 Å². The Hall–Kier alpha value is -5.59. The predicted molar refractivity (Wildman–Crippen MR) is 188 cm³/mol. The van der Waals surface area contributed by atoms with Crippen molar-refractivity contribution in [2.75, 3.05) is 44.2 Å². The summed E-state index contributed by atoms with van der Waals surface area (Å²) in [5, 5.41) is 17.3. The Labute approximate surface area is 308 Å². The van der Waals surface area contributed by atoms with Crippen molar-refractivity contribution < 1.29 is 36.7 Å². The zero-order valence-corrected chi connectivity index (χ0v) is 29.3. The first kappa shape index (κ1) is 36.8. The van der Waals surface area contributed by atoms with Crippen LogP contribution in [0.2, 0.25) is 0 Å². The van der Waals surface area contributed by atoms with Gasteiger partial charge in [0.25, 0.3) is 17.7 Å². The highest BCUT2D eigenvalue weighted by molar-refractivity contribution is 6.07. The van der Waals surface area contributed by atoms with E-state index in [0.717, 1.165) is 25.0 Å². The molecule has 4 heterocycles.